The smallest absolute Gasteiger partial charge is 0.409 e. The first-order valence-electron chi connectivity index (χ1n) is 14.3. The summed E-state index contributed by atoms with van der Waals surface area (Å²) >= 11 is 0. The number of ketones is 1. The highest BCUT2D eigenvalue weighted by atomic mass is 31.2. The zero-order valence-corrected chi connectivity index (χ0v) is 37.2. The third kappa shape index (κ3) is 21.8. The van der Waals surface area contributed by atoms with Gasteiger partial charge in [0.1, 0.15) is 18.8 Å². The van der Waals surface area contributed by atoms with E-state index < -0.39 is 90.1 Å². The van der Waals surface area contributed by atoms with E-state index >= 15 is 0 Å². The Morgan fingerprint density at radius 1 is 0.500 bits per heavy atom. The van der Waals surface area contributed by atoms with Gasteiger partial charge in [-0.25, -0.2) is 9.13 Å². The Labute approximate surface area is 262 Å². The van der Waals surface area contributed by atoms with E-state index in [9.17, 15) is 13.9 Å². The molecule has 0 aromatic heterocycles. The largest absolute Gasteiger partial charge is 0.455 e. The van der Waals surface area contributed by atoms with Gasteiger partial charge >= 0.3 is 15.6 Å². The topological polar surface area (TPSA) is 125 Å². The van der Waals surface area contributed by atoms with Crippen LogP contribution in [0.5, 0.6) is 0 Å². The van der Waals surface area contributed by atoms with E-state index in [0.29, 0.717) is 0 Å². The molecule has 0 N–H and O–H groups in total. The number of Topliss-reactive ketones (excluding diaryl/α,β-unsaturated/α-hetero) is 1. The van der Waals surface area contributed by atoms with E-state index in [1.54, 1.807) is 0 Å². The third-order valence-electron chi connectivity index (χ3n) is 3.94. The van der Waals surface area contributed by atoms with Crippen LogP contribution in [0.15, 0.2) is 0 Å². The van der Waals surface area contributed by atoms with Crippen molar-refractivity contribution in [2.24, 2.45) is 0 Å². The van der Waals surface area contributed by atoms with Gasteiger partial charge in [-0.05, 0) is 118 Å². The molecule has 42 heavy (non-hydrogen) atoms. The highest BCUT2D eigenvalue weighted by Crippen LogP contribution is 2.55. The van der Waals surface area contributed by atoms with Crippen molar-refractivity contribution in [3.8, 4) is 0 Å². The predicted molar refractivity (Wildman–Crippen MR) is 186 cm³/mol. The predicted octanol–water partition coefficient (Wildman–Crippen LogP) is 8.65. The fraction of sp³-hybridized carbons (Fsp3) is 0.957. The minimum absolute atomic E-state index is 0.272. The number of hydrogen-bond donors (Lipinski definition) is 0. The van der Waals surface area contributed by atoms with Gasteiger partial charge in [0, 0.05) is 0 Å². The van der Waals surface area contributed by atoms with Crippen LogP contribution in [0.4, 0.5) is 0 Å². The van der Waals surface area contributed by atoms with E-state index in [0.717, 1.165) is 0 Å². The Hall–Kier alpha value is 1.11. The molecule has 0 aromatic rings. The fourth-order valence-electron chi connectivity index (χ4n) is 3.24. The highest BCUT2D eigenvalue weighted by Gasteiger charge is 2.44. The summed E-state index contributed by atoms with van der Waals surface area (Å²) in [7, 11) is -22.2. The van der Waals surface area contributed by atoms with Crippen LogP contribution in [0.1, 0.15) is 0 Å². The van der Waals surface area contributed by atoms with E-state index in [4.69, 9.17) is 34.8 Å². The maximum atomic E-state index is 13.9. The maximum Gasteiger partial charge on any atom is 0.455 e. The molecule has 0 unspecified atom stereocenters. The number of carbonyl (C=O) groups excluding carboxylic acids is 1. The quantitative estimate of drug-likeness (QED) is 0.0879. The fourth-order valence-corrected chi connectivity index (χ4v) is 18.5. The van der Waals surface area contributed by atoms with Crippen molar-refractivity contribution in [2.75, 3.05) is 13.2 Å². The summed E-state index contributed by atoms with van der Waals surface area (Å²) in [6.07, 6.45) is -2.10. The van der Waals surface area contributed by atoms with Gasteiger partial charge in [-0.15, -0.1) is 0 Å². The summed E-state index contributed by atoms with van der Waals surface area (Å²) < 4.78 is 75.5. The molecule has 0 fully saturated rings. The number of hydrogen-bond acceptors (Lipinski definition) is 11. The second kappa shape index (κ2) is 15.3. The molecule has 0 saturated carbocycles. The van der Waals surface area contributed by atoms with Crippen LogP contribution >= 0.6 is 15.6 Å². The Morgan fingerprint density at radius 2 is 0.810 bits per heavy atom. The van der Waals surface area contributed by atoms with Gasteiger partial charge < -0.3 is 25.7 Å². The molecule has 0 aromatic carbocycles. The molecule has 0 amide bonds. The monoisotopic (exact) mass is 742 g/mol. The zero-order valence-electron chi connectivity index (χ0n) is 29.5. The summed E-state index contributed by atoms with van der Waals surface area (Å²) in [5.41, 5.74) is 0. The molecule has 0 saturated heterocycles. The van der Waals surface area contributed by atoms with Gasteiger partial charge in [-0.2, -0.15) is 0 Å². The second-order valence-corrected chi connectivity index (χ2v) is 47.2. The summed E-state index contributed by atoms with van der Waals surface area (Å²) in [5.74, 6) is -0.505. The Balaban J connectivity index is 6.45. The molecular weight excluding hydrogens is 683 g/mol. The van der Waals surface area contributed by atoms with Crippen molar-refractivity contribution in [3.05, 3.63) is 0 Å². The average Bonchev–Trinajstić information content (AvgIpc) is 2.60. The molecule has 0 rings (SSSR count). The van der Waals surface area contributed by atoms with Crippen molar-refractivity contribution in [2.45, 2.75) is 130 Å². The van der Waals surface area contributed by atoms with Crippen LogP contribution in [0.25, 0.3) is 0 Å². The van der Waals surface area contributed by atoms with E-state index in [-0.39, 0.29) is 6.61 Å². The van der Waals surface area contributed by atoms with Gasteiger partial charge in [-0.3, -0.25) is 13.8 Å². The van der Waals surface area contributed by atoms with E-state index in [1.807, 2.05) is 118 Å². The lowest BCUT2D eigenvalue weighted by Gasteiger charge is -2.37. The van der Waals surface area contributed by atoms with Crippen molar-refractivity contribution in [1.29, 1.82) is 0 Å². The molecule has 0 aliphatic rings. The average molecular weight is 743 g/mol. The normalized spacial score (nSPS) is 16.4. The van der Waals surface area contributed by atoms with Crippen LogP contribution < -0.4 is 0 Å². The molecule has 0 bridgehead atoms. The summed E-state index contributed by atoms with van der Waals surface area (Å²) in [6.45, 7) is 33.5. The lowest BCUT2D eigenvalue weighted by molar-refractivity contribution is -0.134. The zero-order chi connectivity index (χ0) is 33.8. The van der Waals surface area contributed by atoms with Gasteiger partial charge in [0.15, 0.2) is 55.7 Å². The summed E-state index contributed by atoms with van der Waals surface area (Å²) in [4.78, 5) is 13.8. The van der Waals surface area contributed by atoms with Crippen molar-refractivity contribution < 1.29 is 48.7 Å². The molecule has 252 valence electrons. The molecule has 0 spiro atoms. The minimum atomic E-state index is -4.05. The Kier molecular flexibility index (Phi) is 15.7. The van der Waals surface area contributed by atoms with Crippen LogP contribution in [-0.4, -0.2) is 81.1 Å². The van der Waals surface area contributed by atoms with Gasteiger partial charge in [0.2, 0.25) is 0 Å². The number of phosphoric acid groups is 2. The molecule has 19 heteroatoms. The van der Waals surface area contributed by atoms with Gasteiger partial charge in [-0.1, -0.05) is 0 Å². The third-order valence-corrected chi connectivity index (χ3v) is 19.2. The maximum absolute atomic E-state index is 13.9. The van der Waals surface area contributed by atoms with Crippen LogP contribution in [0.2, 0.25) is 118 Å². The van der Waals surface area contributed by atoms with Gasteiger partial charge in [0.25, 0.3) is 0 Å². The highest BCUT2D eigenvalue weighted by molar-refractivity contribution is 7.52. The van der Waals surface area contributed by atoms with E-state index in [2.05, 4.69) is 0 Å². The molecule has 11 nitrogen and oxygen atoms in total. The van der Waals surface area contributed by atoms with Crippen LogP contribution in [0, 0.1) is 0 Å². The number of carbonyl (C=O) groups is 1. The van der Waals surface area contributed by atoms with E-state index in [1.165, 1.54) is 0 Å². The summed E-state index contributed by atoms with van der Waals surface area (Å²) in [5, 5.41) is 0. The summed E-state index contributed by atoms with van der Waals surface area (Å²) in [6, 6.07) is 0. The first-order valence-corrected chi connectivity index (χ1v) is 37.7. The molecule has 2 atom stereocenters. The molecule has 0 aliphatic heterocycles. The minimum Gasteiger partial charge on any atom is -0.409 e. The number of rotatable bonds is 20. The van der Waals surface area contributed by atoms with Crippen molar-refractivity contribution in [3.63, 3.8) is 0 Å². The lowest BCUT2D eigenvalue weighted by Crippen LogP contribution is -2.51. The van der Waals surface area contributed by atoms with Crippen LogP contribution in [0.3, 0.4) is 0 Å². The van der Waals surface area contributed by atoms with Crippen molar-refractivity contribution >= 4 is 71.3 Å². The first-order chi connectivity index (χ1) is 18.1. The first kappa shape index (κ1) is 43.1. The standard InChI is InChI=1S/C23H60O11P2Si6/c1-37(2,3)29-22(20-28-36(26,33-41(13,14)15)34-42(16,17)18)23(30-38(4,5)6)21(24)19-27-35(25,31-39(7,8)9)32-40(10,11)12/h22-23H,19-20H2,1-18H3/t22-,23+/m1/s1. The van der Waals surface area contributed by atoms with Crippen molar-refractivity contribution in [1.82, 2.24) is 0 Å². The molecular formula is C23H60O11P2Si6. The van der Waals surface area contributed by atoms with Gasteiger partial charge in [0.05, 0.1) is 6.61 Å². The molecule has 0 heterocycles. The molecule has 0 aliphatic carbocycles. The molecule has 0 radical (unpaired) electrons. The second-order valence-electron chi connectivity index (χ2n) is 16.2. The lowest BCUT2D eigenvalue weighted by atomic mass is 10.1. The van der Waals surface area contributed by atoms with Crippen LogP contribution in [-0.2, 0) is 48.7 Å². The SMILES string of the molecule is C[Si](C)(C)O[C@H](COP(=O)(O[Si](C)(C)C)O[Si](C)(C)C)[C@@H](O[Si](C)(C)C)C(=O)COP(=O)(O[Si](C)(C)C)O[Si](C)(C)C. The Morgan fingerprint density at radius 3 is 1.10 bits per heavy atom. The Bertz CT molecular complexity index is 934.